The van der Waals surface area contributed by atoms with Gasteiger partial charge in [-0.1, -0.05) is 36.4 Å². The summed E-state index contributed by atoms with van der Waals surface area (Å²) in [6, 6.07) is 19.5. The van der Waals surface area contributed by atoms with Gasteiger partial charge in [-0.05, 0) is 24.3 Å². The number of amidine groups is 1. The zero-order chi connectivity index (χ0) is 11.9. The third kappa shape index (κ3) is 3.85. The number of hydrogen-bond donors (Lipinski definition) is 2. The van der Waals surface area contributed by atoms with Crippen molar-refractivity contribution in [1.29, 1.82) is 0 Å². The van der Waals surface area contributed by atoms with Gasteiger partial charge >= 0.3 is 0 Å². The molecule has 3 nitrogen and oxygen atoms in total. The molecule has 2 aromatic rings. The molecule has 0 aliphatic rings. The van der Waals surface area contributed by atoms with E-state index < -0.39 is 0 Å². The summed E-state index contributed by atoms with van der Waals surface area (Å²) in [5, 5.41) is 0.486. The average Bonchev–Trinajstić information content (AvgIpc) is 2.39. The van der Waals surface area contributed by atoms with Crippen LogP contribution in [0.5, 0.6) is 0 Å². The van der Waals surface area contributed by atoms with E-state index in [1.165, 1.54) is 11.9 Å². The third-order valence-corrected chi connectivity index (χ3v) is 2.68. The average molecular weight is 243 g/mol. The van der Waals surface area contributed by atoms with Gasteiger partial charge in [-0.25, -0.2) is 4.99 Å². The van der Waals surface area contributed by atoms with Gasteiger partial charge in [0.25, 0.3) is 0 Å². The number of aliphatic imine (C=N–C) groups is 1. The number of benzene rings is 2. The molecule has 0 atom stereocenters. The summed E-state index contributed by atoms with van der Waals surface area (Å²) < 4.78 is 3.13. The van der Waals surface area contributed by atoms with Crippen LogP contribution in [0, 0.1) is 0 Å². The van der Waals surface area contributed by atoms with Crippen LogP contribution in [0.4, 0.5) is 11.4 Å². The molecule has 0 fully saturated rings. The Balaban J connectivity index is 1.94. The van der Waals surface area contributed by atoms with E-state index in [-0.39, 0.29) is 0 Å². The first-order chi connectivity index (χ1) is 8.34. The highest BCUT2D eigenvalue weighted by Gasteiger charge is 1.95. The Hall–Kier alpha value is -1.94. The molecule has 4 heteroatoms. The maximum absolute atomic E-state index is 5.80. The van der Waals surface area contributed by atoms with Crippen LogP contribution in [0.25, 0.3) is 0 Å². The summed E-state index contributed by atoms with van der Waals surface area (Å²) in [5.41, 5.74) is 7.66. The molecule has 0 saturated carbocycles. The van der Waals surface area contributed by atoms with Crippen LogP contribution >= 0.6 is 11.9 Å². The van der Waals surface area contributed by atoms with Crippen LogP contribution in [0.3, 0.4) is 0 Å². The van der Waals surface area contributed by atoms with Gasteiger partial charge in [0.1, 0.15) is 0 Å². The smallest absolute Gasteiger partial charge is 0.180 e. The topological polar surface area (TPSA) is 50.4 Å². The van der Waals surface area contributed by atoms with Crippen molar-refractivity contribution in [2.75, 3.05) is 4.72 Å². The molecule has 86 valence electrons. The van der Waals surface area contributed by atoms with Gasteiger partial charge < -0.3 is 10.5 Å². The maximum Gasteiger partial charge on any atom is 0.180 e. The first-order valence-corrected chi connectivity index (χ1v) is 6.03. The monoisotopic (exact) mass is 243 g/mol. The van der Waals surface area contributed by atoms with Crippen LogP contribution in [0.2, 0.25) is 0 Å². The highest BCUT2D eigenvalue weighted by molar-refractivity contribution is 8.14. The van der Waals surface area contributed by atoms with Gasteiger partial charge in [0.15, 0.2) is 5.17 Å². The van der Waals surface area contributed by atoms with Crippen LogP contribution < -0.4 is 10.5 Å². The Morgan fingerprint density at radius 2 is 1.53 bits per heavy atom. The molecule has 17 heavy (non-hydrogen) atoms. The van der Waals surface area contributed by atoms with Gasteiger partial charge in [0, 0.05) is 17.6 Å². The van der Waals surface area contributed by atoms with Gasteiger partial charge in [-0.3, -0.25) is 0 Å². The normalized spacial score (nSPS) is 11.2. The molecule has 2 aromatic carbocycles. The Morgan fingerprint density at radius 3 is 2.18 bits per heavy atom. The highest BCUT2D eigenvalue weighted by Crippen LogP contribution is 2.15. The highest BCUT2D eigenvalue weighted by atomic mass is 32.2. The fourth-order valence-electron chi connectivity index (χ4n) is 1.27. The Morgan fingerprint density at radius 1 is 0.941 bits per heavy atom. The van der Waals surface area contributed by atoms with E-state index in [0.29, 0.717) is 5.17 Å². The lowest BCUT2D eigenvalue weighted by Gasteiger charge is -2.03. The van der Waals surface area contributed by atoms with Crippen molar-refractivity contribution in [3.8, 4) is 0 Å². The number of para-hydroxylation sites is 2. The van der Waals surface area contributed by atoms with E-state index in [1.54, 1.807) is 0 Å². The molecule has 0 spiro atoms. The number of hydrogen-bond acceptors (Lipinski definition) is 3. The van der Waals surface area contributed by atoms with E-state index in [9.17, 15) is 0 Å². The molecular weight excluding hydrogens is 230 g/mol. The molecule has 0 aromatic heterocycles. The van der Waals surface area contributed by atoms with Gasteiger partial charge in [-0.2, -0.15) is 0 Å². The van der Waals surface area contributed by atoms with Gasteiger partial charge in [-0.15, -0.1) is 0 Å². The number of anilines is 1. The second kappa shape index (κ2) is 5.96. The number of rotatable bonds is 3. The minimum atomic E-state index is 0.486. The van der Waals surface area contributed by atoms with Crippen molar-refractivity contribution in [2.24, 2.45) is 10.7 Å². The maximum atomic E-state index is 5.80. The quantitative estimate of drug-likeness (QED) is 0.493. The summed E-state index contributed by atoms with van der Waals surface area (Å²) >= 11 is 1.30. The third-order valence-electron chi connectivity index (χ3n) is 2.04. The molecule has 0 aliphatic heterocycles. The minimum absolute atomic E-state index is 0.486. The van der Waals surface area contributed by atoms with E-state index in [1.807, 2.05) is 60.7 Å². The van der Waals surface area contributed by atoms with Crippen LogP contribution in [0.1, 0.15) is 0 Å². The fraction of sp³-hybridized carbons (Fsp3) is 0. The summed E-state index contributed by atoms with van der Waals surface area (Å²) in [6.45, 7) is 0. The zero-order valence-electron chi connectivity index (χ0n) is 9.21. The lowest BCUT2D eigenvalue weighted by molar-refractivity contribution is 1.51. The van der Waals surface area contributed by atoms with Crippen molar-refractivity contribution in [3.63, 3.8) is 0 Å². The summed E-state index contributed by atoms with van der Waals surface area (Å²) in [6.07, 6.45) is 0. The van der Waals surface area contributed by atoms with E-state index in [4.69, 9.17) is 5.73 Å². The summed E-state index contributed by atoms with van der Waals surface area (Å²) in [4.78, 5) is 4.27. The molecule has 0 amide bonds. The Labute approximate surface area is 105 Å². The fourth-order valence-corrected chi connectivity index (χ4v) is 1.78. The Bertz CT molecular complexity index is 483. The molecule has 0 heterocycles. The standard InChI is InChI=1S/C13H13N3S/c14-13(15-11-7-3-1-4-8-11)17-16-12-9-5-2-6-10-12/h1-10,16H,(H2,14,15). The summed E-state index contributed by atoms with van der Waals surface area (Å²) in [7, 11) is 0. The van der Waals surface area contributed by atoms with Crippen molar-refractivity contribution >= 4 is 28.5 Å². The molecule has 0 saturated heterocycles. The first-order valence-electron chi connectivity index (χ1n) is 5.22. The molecule has 2 rings (SSSR count). The second-order valence-corrected chi connectivity index (χ2v) is 4.18. The Kier molecular flexibility index (Phi) is 4.05. The summed E-state index contributed by atoms with van der Waals surface area (Å²) in [5.74, 6) is 0. The zero-order valence-corrected chi connectivity index (χ0v) is 10.0. The van der Waals surface area contributed by atoms with E-state index in [2.05, 4.69) is 9.71 Å². The van der Waals surface area contributed by atoms with E-state index >= 15 is 0 Å². The van der Waals surface area contributed by atoms with Gasteiger partial charge in [0.05, 0.1) is 5.69 Å². The predicted octanol–water partition coefficient (Wildman–Crippen LogP) is 3.39. The molecule has 0 aliphatic carbocycles. The second-order valence-electron chi connectivity index (χ2n) is 3.36. The van der Waals surface area contributed by atoms with Crippen molar-refractivity contribution in [3.05, 3.63) is 60.7 Å². The van der Waals surface area contributed by atoms with Crippen LogP contribution in [-0.2, 0) is 0 Å². The van der Waals surface area contributed by atoms with Gasteiger partial charge in [0.2, 0.25) is 0 Å². The molecule has 0 bridgehead atoms. The van der Waals surface area contributed by atoms with Crippen molar-refractivity contribution < 1.29 is 0 Å². The minimum Gasteiger partial charge on any atom is -0.377 e. The first kappa shape index (κ1) is 11.5. The molecule has 0 radical (unpaired) electrons. The number of nitrogens with two attached hydrogens (primary N) is 1. The predicted molar refractivity (Wildman–Crippen MR) is 75.4 cm³/mol. The molecule has 3 N–H and O–H groups in total. The number of nitrogens with zero attached hydrogens (tertiary/aromatic N) is 1. The lowest BCUT2D eigenvalue weighted by atomic mass is 10.3. The molecular formula is C13H13N3S. The number of nitrogens with one attached hydrogen (secondary N) is 1. The molecule has 0 unspecified atom stereocenters. The van der Waals surface area contributed by atoms with Crippen molar-refractivity contribution in [2.45, 2.75) is 0 Å². The van der Waals surface area contributed by atoms with Crippen molar-refractivity contribution in [1.82, 2.24) is 0 Å². The van der Waals surface area contributed by atoms with Crippen LogP contribution in [-0.4, -0.2) is 5.17 Å². The van der Waals surface area contributed by atoms with E-state index in [0.717, 1.165) is 11.4 Å². The SMILES string of the molecule is NC(=Nc1ccccc1)SNc1ccccc1. The van der Waals surface area contributed by atoms with Crippen LogP contribution in [0.15, 0.2) is 65.7 Å². The lowest BCUT2D eigenvalue weighted by Crippen LogP contribution is -2.08. The largest absolute Gasteiger partial charge is 0.377 e.